The molecule has 0 spiro atoms. The second kappa shape index (κ2) is 4.07. The second-order valence-corrected chi connectivity index (χ2v) is 2.67. The van der Waals surface area contributed by atoms with Gasteiger partial charge in [0.15, 0.2) is 0 Å². The zero-order valence-corrected chi connectivity index (χ0v) is 7.13. The van der Waals surface area contributed by atoms with E-state index in [9.17, 15) is 4.39 Å². The van der Waals surface area contributed by atoms with Gasteiger partial charge in [0.05, 0.1) is 5.69 Å². The summed E-state index contributed by atoms with van der Waals surface area (Å²) < 4.78 is 12.5. The van der Waals surface area contributed by atoms with Crippen LogP contribution < -0.4 is 10.9 Å². The summed E-state index contributed by atoms with van der Waals surface area (Å²) in [5, 5.41) is 1.61. The predicted molar refractivity (Wildman–Crippen MR) is 48.2 cm³/mol. The molecule has 0 radical (unpaired) electrons. The van der Waals surface area contributed by atoms with E-state index in [1.807, 2.05) is 6.92 Å². The summed E-state index contributed by atoms with van der Waals surface area (Å²) in [7, 11) is 0. The highest BCUT2D eigenvalue weighted by atomic mass is 19.1. The minimum absolute atomic E-state index is 0.233. The van der Waals surface area contributed by atoms with E-state index < -0.39 is 0 Å². The highest BCUT2D eigenvalue weighted by Gasteiger charge is 1.98. The number of halogens is 1. The molecule has 0 aliphatic heterocycles. The minimum Gasteiger partial charge on any atom is -0.311 e. The van der Waals surface area contributed by atoms with Crippen molar-refractivity contribution in [1.29, 1.82) is 0 Å². The molecule has 0 amide bonds. The van der Waals surface area contributed by atoms with Gasteiger partial charge in [0, 0.05) is 6.54 Å². The Bertz CT molecular complexity index is 233. The fourth-order valence-corrected chi connectivity index (χ4v) is 1.00. The van der Waals surface area contributed by atoms with Crippen LogP contribution >= 0.6 is 0 Å². The van der Waals surface area contributed by atoms with Crippen LogP contribution in [0.4, 0.5) is 10.1 Å². The molecule has 3 heteroatoms. The number of anilines is 1. The summed E-state index contributed by atoms with van der Waals surface area (Å²) in [5.41, 5.74) is 0.846. The molecule has 66 valence electrons. The molecule has 0 aliphatic rings. The van der Waals surface area contributed by atoms with Crippen LogP contribution in [-0.4, -0.2) is 6.54 Å². The van der Waals surface area contributed by atoms with Crippen molar-refractivity contribution in [2.24, 2.45) is 5.84 Å². The summed E-state index contributed by atoms with van der Waals surface area (Å²) >= 11 is 0. The Morgan fingerprint density at radius 1 is 1.33 bits per heavy atom. The van der Waals surface area contributed by atoms with Crippen LogP contribution in [0.15, 0.2) is 24.3 Å². The van der Waals surface area contributed by atoms with Crippen molar-refractivity contribution >= 4 is 5.69 Å². The van der Waals surface area contributed by atoms with Crippen molar-refractivity contribution in [3.63, 3.8) is 0 Å². The number of rotatable bonds is 3. The summed E-state index contributed by atoms with van der Waals surface area (Å²) in [5.74, 6) is 5.43. The average molecular weight is 168 g/mol. The lowest BCUT2D eigenvalue weighted by atomic mass is 10.3. The van der Waals surface area contributed by atoms with Gasteiger partial charge in [0.25, 0.3) is 0 Å². The maximum Gasteiger partial charge on any atom is 0.123 e. The number of benzene rings is 1. The van der Waals surface area contributed by atoms with Crippen molar-refractivity contribution < 1.29 is 4.39 Å². The summed E-state index contributed by atoms with van der Waals surface area (Å²) in [6.45, 7) is 2.83. The molecule has 0 aliphatic carbocycles. The number of nitrogens with two attached hydrogens (primary N) is 1. The fraction of sp³-hybridized carbons (Fsp3) is 0.333. The Balaban J connectivity index is 2.68. The molecule has 0 fully saturated rings. The SMILES string of the molecule is CCCN(N)c1ccc(F)cc1. The van der Waals surface area contributed by atoms with Crippen molar-refractivity contribution in [1.82, 2.24) is 0 Å². The largest absolute Gasteiger partial charge is 0.311 e. The van der Waals surface area contributed by atoms with Gasteiger partial charge in [-0.2, -0.15) is 0 Å². The van der Waals surface area contributed by atoms with Gasteiger partial charge in [-0.25, -0.2) is 10.2 Å². The molecule has 0 bridgehead atoms. The lowest BCUT2D eigenvalue weighted by molar-refractivity contribution is 0.627. The van der Waals surface area contributed by atoms with Gasteiger partial charge in [-0.3, -0.25) is 0 Å². The highest BCUT2D eigenvalue weighted by Crippen LogP contribution is 2.11. The Morgan fingerprint density at radius 3 is 2.42 bits per heavy atom. The topological polar surface area (TPSA) is 29.3 Å². The number of hydrogen-bond acceptors (Lipinski definition) is 2. The van der Waals surface area contributed by atoms with Crippen molar-refractivity contribution in [3.05, 3.63) is 30.1 Å². The fourth-order valence-electron chi connectivity index (χ4n) is 1.00. The third-order valence-electron chi connectivity index (χ3n) is 1.62. The first kappa shape index (κ1) is 9.00. The lowest BCUT2D eigenvalue weighted by Gasteiger charge is -2.17. The molecule has 0 unspecified atom stereocenters. The van der Waals surface area contributed by atoms with E-state index in [4.69, 9.17) is 5.84 Å². The molecule has 0 heterocycles. The Morgan fingerprint density at radius 2 is 1.92 bits per heavy atom. The first-order chi connectivity index (χ1) is 5.74. The van der Waals surface area contributed by atoms with Gasteiger partial charge < -0.3 is 5.01 Å². The number of hydrazine groups is 1. The van der Waals surface area contributed by atoms with Crippen LogP contribution in [0.5, 0.6) is 0 Å². The molecule has 0 saturated heterocycles. The minimum atomic E-state index is -0.233. The van der Waals surface area contributed by atoms with Crippen LogP contribution in [-0.2, 0) is 0 Å². The first-order valence-electron chi connectivity index (χ1n) is 4.02. The van der Waals surface area contributed by atoms with Crippen LogP contribution in [0.1, 0.15) is 13.3 Å². The molecule has 2 N–H and O–H groups in total. The van der Waals surface area contributed by atoms with Crippen LogP contribution in [0.3, 0.4) is 0 Å². The standard InChI is InChI=1S/C9H13FN2/c1-2-7-12(11)9-5-3-8(10)4-6-9/h3-6H,2,7,11H2,1H3. The second-order valence-electron chi connectivity index (χ2n) is 2.67. The van der Waals surface area contributed by atoms with Gasteiger partial charge in [0.1, 0.15) is 5.82 Å². The van der Waals surface area contributed by atoms with Gasteiger partial charge in [0.2, 0.25) is 0 Å². The quantitative estimate of drug-likeness (QED) is 0.552. The average Bonchev–Trinajstić information content (AvgIpc) is 2.06. The van der Waals surface area contributed by atoms with E-state index in [1.165, 1.54) is 12.1 Å². The normalized spacial score (nSPS) is 9.92. The van der Waals surface area contributed by atoms with Crippen molar-refractivity contribution in [3.8, 4) is 0 Å². The lowest BCUT2D eigenvalue weighted by Crippen LogP contribution is -2.31. The first-order valence-corrected chi connectivity index (χ1v) is 4.02. The summed E-state index contributed by atoms with van der Waals surface area (Å²) in [6, 6.07) is 6.16. The molecule has 0 atom stereocenters. The van der Waals surface area contributed by atoms with Crippen molar-refractivity contribution in [2.75, 3.05) is 11.6 Å². The summed E-state index contributed by atoms with van der Waals surface area (Å²) in [4.78, 5) is 0. The molecule has 2 nitrogen and oxygen atoms in total. The molecule has 1 aromatic carbocycles. The molecular weight excluding hydrogens is 155 g/mol. The molecule has 1 rings (SSSR count). The monoisotopic (exact) mass is 168 g/mol. The van der Waals surface area contributed by atoms with Crippen molar-refractivity contribution in [2.45, 2.75) is 13.3 Å². The Kier molecular flexibility index (Phi) is 3.05. The van der Waals surface area contributed by atoms with Gasteiger partial charge >= 0.3 is 0 Å². The van der Waals surface area contributed by atoms with Gasteiger partial charge in [-0.15, -0.1) is 0 Å². The number of nitrogens with zero attached hydrogens (tertiary/aromatic N) is 1. The Labute approximate surface area is 71.8 Å². The van der Waals surface area contributed by atoms with Gasteiger partial charge in [-0.1, -0.05) is 6.92 Å². The van der Waals surface area contributed by atoms with E-state index in [0.29, 0.717) is 0 Å². The summed E-state index contributed by atoms with van der Waals surface area (Å²) in [6.07, 6.45) is 0.980. The molecule has 1 aromatic rings. The van der Waals surface area contributed by atoms with Crippen LogP contribution in [0, 0.1) is 5.82 Å². The molecule has 12 heavy (non-hydrogen) atoms. The maximum absolute atomic E-state index is 12.5. The smallest absolute Gasteiger partial charge is 0.123 e. The maximum atomic E-state index is 12.5. The van der Waals surface area contributed by atoms with E-state index in [1.54, 1.807) is 17.1 Å². The Hall–Kier alpha value is -1.09. The van der Waals surface area contributed by atoms with E-state index in [-0.39, 0.29) is 5.82 Å². The zero-order valence-electron chi connectivity index (χ0n) is 7.13. The van der Waals surface area contributed by atoms with Crippen LogP contribution in [0.2, 0.25) is 0 Å². The molecule has 0 saturated carbocycles. The zero-order chi connectivity index (χ0) is 8.97. The van der Waals surface area contributed by atoms with E-state index in [2.05, 4.69) is 0 Å². The van der Waals surface area contributed by atoms with Crippen LogP contribution in [0.25, 0.3) is 0 Å². The molecular formula is C9H13FN2. The third-order valence-corrected chi connectivity index (χ3v) is 1.62. The van der Waals surface area contributed by atoms with Gasteiger partial charge in [-0.05, 0) is 30.7 Å². The number of hydrogen-bond donors (Lipinski definition) is 1. The third kappa shape index (κ3) is 2.20. The van der Waals surface area contributed by atoms with E-state index >= 15 is 0 Å². The highest BCUT2D eigenvalue weighted by molar-refractivity contribution is 5.44. The molecule has 0 aromatic heterocycles. The van der Waals surface area contributed by atoms with E-state index in [0.717, 1.165) is 18.7 Å². The predicted octanol–water partition coefficient (Wildman–Crippen LogP) is 1.92.